The third kappa shape index (κ3) is 6.05. The summed E-state index contributed by atoms with van der Waals surface area (Å²) in [4.78, 5) is 28.1. The fraction of sp³-hybridized carbons (Fsp3) is 0.286. The summed E-state index contributed by atoms with van der Waals surface area (Å²) in [5.41, 5.74) is 3.13. The Balaban J connectivity index is 1.30. The minimum absolute atomic E-state index is 0.0400. The van der Waals surface area contributed by atoms with Crippen LogP contribution in [-0.4, -0.2) is 58.6 Å². The molecule has 0 spiro atoms. The molecule has 1 aliphatic rings. The molecular formula is C28H29FN2O4. The second kappa shape index (κ2) is 10.7. The van der Waals surface area contributed by atoms with E-state index in [0.29, 0.717) is 12.3 Å². The molecule has 3 aromatic carbocycles. The van der Waals surface area contributed by atoms with Crippen molar-refractivity contribution in [3.63, 3.8) is 0 Å². The Morgan fingerprint density at radius 2 is 1.49 bits per heavy atom. The lowest BCUT2D eigenvalue weighted by molar-refractivity contribution is -0.139. The Labute approximate surface area is 204 Å². The van der Waals surface area contributed by atoms with Crippen molar-refractivity contribution in [2.24, 2.45) is 0 Å². The number of piperazine rings is 1. The number of halogens is 1. The summed E-state index contributed by atoms with van der Waals surface area (Å²) in [5.74, 6) is -0.656. The van der Waals surface area contributed by atoms with Gasteiger partial charge in [-0.05, 0) is 66.9 Å². The molecule has 4 rings (SSSR count). The maximum atomic E-state index is 13.2. The SMILES string of the molecule is C[C@@H]1CN(C(=O)COc2ccc(-c3ccc(C(=O)O)cc3)cc2)[C@@H](C)CN1Cc1ccc(F)cc1. The first-order chi connectivity index (χ1) is 16.8. The molecule has 3 aromatic rings. The molecule has 0 radical (unpaired) electrons. The first-order valence-corrected chi connectivity index (χ1v) is 11.6. The van der Waals surface area contributed by atoms with Crippen LogP contribution in [0.3, 0.4) is 0 Å². The highest BCUT2D eigenvalue weighted by atomic mass is 19.1. The van der Waals surface area contributed by atoms with Crippen LogP contribution in [0.4, 0.5) is 4.39 Å². The Kier molecular flexibility index (Phi) is 7.46. The number of ether oxygens (including phenoxy) is 1. The lowest BCUT2D eigenvalue weighted by Crippen LogP contribution is -2.58. The first kappa shape index (κ1) is 24.4. The fourth-order valence-electron chi connectivity index (χ4n) is 4.37. The van der Waals surface area contributed by atoms with Crippen molar-refractivity contribution < 1.29 is 23.8 Å². The smallest absolute Gasteiger partial charge is 0.335 e. The summed E-state index contributed by atoms with van der Waals surface area (Å²) in [6.45, 7) is 6.15. The molecular weight excluding hydrogens is 447 g/mol. The number of hydrogen-bond donors (Lipinski definition) is 1. The molecule has 0 aromatic heterocycles. The molecule has 0 aliphatic carbocycles. The van der Waals surface area contributed by atoms with Crippen molar-refractivity contribution in [2.75, 3.05) is 19.7 Å². The number of rotatable bonds is 7. The summed E-state index contributed by atoms with van der Waals surface area (Å²) in [7, 11) is 0. The van der Waals surface area contributed by atoms with Gasteiger partial charge in [-0.3, -0.25) is 9.69 Å². The van der Waals surface area contributed by atoms with Crippen LogP contribution in [0.1, 0.15) is 29.8 Å². The van der Waals surface area contributed by atoms with Gasteiger partial charge in [-0.15, -0.1) is 0 Å². The molecule has 0 bridgehead atoms. The average Bonchev–Trinajstić information content (AvgIpc) is 2.86. The number of hydrogen-bond acceptors (Lipinski definition) is 4. The third-order valence-electron chi connectivity index (χ3n) is 6.42. The van der Waals surface area contributed by atoms with E-state index in [2.05, 4.69) is 11.8 Å². The quantitative estimate of drug-likeness (QED) is 0.536. The predicted octanol–water partition coefficient (Wildman–Crippen LogP) is 4.69. The second-order valence-electron chi connectivity index (χ2n) is 9.00. The molecule has 182 valence electrons. The van der Waals surface area contributed by atoms with Gasteiger partial charge in [-0.1, -0.05) is 36.4 Å². The molecule has 1 heterocycles. The van der Waals surface area contributed by atoms with Crippen LogP contribution in [0.25, 0.3) is 11.1 Å². The van der Waals surface area contributed by atoms with E-state index in [1.807, 2.05) is 24.0 Å². The zero-order valence-corrected chi connectivity index (χ0v) is 19.9. The van der Waals surface area contributed by atoms with Crippen LogP contribution in [0.15, 0.2) is 72.8 Å². The first-order valence-electron chi connectivity index (χ1n) is 11.6. The van der Waals surface area contributed by atoms with Crippen molar-refractivity contribution in [2.45, 2.75) is 32.5 Å². The molecule has 1 saturated heterocycles. The van der Waals surface area contributed by atoms with Crippen LogP contribution in [-0.2, 0) is 11.3 Å². The van der Waals surface area contributed by atoms with E-state index in [1.54, 1.807) is 48.5 Å². The number of benzene rings is 3. The van der Waals surface area contributed by atoms with Crippen LogP contribution in [0.5, 0.6) is 5.75 Å². The Morgan fingerprint density at radius 3 is 2.09 bits per heavy atom. The number of aromatic carboxylic acids is 1. The standard InChI is InChI=1S/C28H29FN2O4/c1-19-16-31(20(2)15-30(19)17-21-3-11-25(29)12-4-21)27(32)18-35-26-13-9-23(10-14-26)22-5-7-24(8-6-22)28(33)34/h3-14,19-20H,15-18H2,1-2H3,(H,33,34)/t19-,20+/m1/s1. The minimum Gasteiger partial charge on any atom is -0.484 e. The van der Waals surface area contributed by atoms with E-state index < -0.39 is 5.97 Å². The zero-order chi connectivity index (χ0) is 24.9. The number of nitrogens with zero attached hydrogens (tertiary/aromatic N) is 2. The molecule has 1 aliphatic heterocycles. The molecule has 1 N–H and O–H groups in total. The number of carbonyl (C=O) groups excluding carboxylic acids is 1. The number of carbonyl (C=O) groups is 2. The van der Waals surface area contributed by atoms with E-state index >= 15 is 0 Å². The Morgan fingerprint density at radius 1 is 0.886 bits per heavy atom. The summed E-state index contributed by atoms with van der Waals surface area (Å²) >= 11 is 0. The highest BCUT2D eigenvalue weighted by molar-refractivity contribution is 5.88. The van der Waals surface area contributed by atoms with Gasteiger partial charge in [0, 0.05) is 31.7 Å². The van der Waals surface area contributed by atoms with Crippen LogP contribution in [0.2, 0.25) is 0 Å². The molecule has 6 nitrogen and oxygen atoms in total. The van der Waals surface area contributed by atoms with Crippen molar-refractivity contribution in [3.05, 3.63) is 89.7 Å². The number of carboxylic acids is 1. The van der Waals surface area contributed by atoms with Crippen LogP contribution < -0.4 is 4.74 Å². The summed E-state index contributed by atoms with van der Waals surface area (Å²) < 4.78 is 18.9. The van der Waals surface area contributed by atoms with Gasteiger partial charge in [-0.2, -0.15) is 0 Å². The van der Waals surface area contributed by atoms with Crippen molar-refractivity contribution in [1.29, 1.82) is 0 Å². The van der Waals surface area contributed by atoms with Gasteiger partial charge in [0.25, 0.3) is 5.91 Å². The molecule has 0 unspecified atom stereocenters. The molecule has 1 amide bonds. The Bertz CT molecular complexity index is 1160. The van der Waals surface area contributed by atoms with Gasteiger partial charge in [-0.25, -0.2) is 9.18 Å². The van der Waals surface area contributed by atoms with E-state index in [1.165, 1.54) is 12.1 Å². The van der Waals surface area contributed by atoms with Gasteiger partial charge in [0.05, 0.1) is 5.56 Å². The summed E-state index contributed by atoms with van der Waals surface area (Å²) in [5, 5.41) is 9.03. The van der Waals surface area contributed by atoms with Gasteiger partial charge in [0.15, 0.2) is 6.61 Å². The Hall–Kier alpha value is -3.71. The molecule has 1 fully saturated rings. The largest absolute Gasteiger partial charge is 0.484 e. The van der Waals surface area contributed by atoms with Crippen LogP contribution >= 0.6 is 0 Å². The highest BCUT2D eigenvalue weighted by Crippen LogP contribution is 2.24. The average molecular weight is 477 g/mol. The monoisotopic (exact) mass is 476 g/mol. The molecule has 7 heteroatoms. The lowest BCUT2D eigenvalue weighted by Gasteiger charge is -2.44. The fourth-order valence-corrected chi connectivity index (χ4v) is 4.37. The molecule has 2 atom stereocenters. The van der Waals surface area contributed by atoms with E-state index in [4.69, 9.17) is 9.84 Å². The van der Waals surface area contributed by atoms with Crippen molar-refractivity contribution in [1.82, 2.24) is 9.80 Å². The van der Waals surface area contributed by atoms with Gasteiger partial charge in [0.2, 0.25) is 0 Å². The van der Waals surface area contributed by atoms with E-state index in [-0.39, 0.29) is 36.0 Å². The number of amides is 1. The van der Waals surface area contributed by atoms with Gasteiger partial charge >= 0.3 is 5.97 Å². The highest BCUT2D eigenvalue weighted by Gasteiger charge is 2.32. The maximum absolute atomic E-state index is 13.2. The van der Waals surface area contributed by atoms with Crippen molar-refractivity contribution >= 4 is 11.9 Å². The third-order valence-corrected chi connectivity index (χ3v) is 6.42. The predicted molar refractivity (Wildman–Crippen MR) is 132 cm³/mol. The molecule has 0 saturated carbocycles. The lowest BCUT2D eigenvalue weighted by atomic mass is 10.0. The van der Waals surface area contributed by atoms with Gasteiger partial charge < -0.3 is 14.7 Å². The summed E-state index contributed by atoms with van der Waals surface area (Å²) in [6.07, 6.45) is 0. The second-order valence-corrected chi connectivity index (χ2v) is 9.00. The normalized spacial score (nSPS) is 18.3. The van der Waals surface area contributed by atoms with Crippen molar-refractivity contribution in [3.8, 4) is 16.9 Å². The topological polar surface area (TPSA) is 70.1 Å². The maximum Gasteiger partial charge on any atom is 0.335 e. The number of carboxylic acid groups (broad SMARTS) is 1. The minimum atomic E-state index is -0.956. The summed E-state index contributed by atoms with van der Waals surface area (Å²) in [6, 6.07) is 20.8. The van der Waals surface area contributed by atoms with E-state index in [0.717, 1.165) is 29.8 Å². The van der Waals surface area contributed by atoms with Gasteiger partial charge in [0.1, 0.15) is 11.6 Å². The zero-order valence-electron chi connectivity index (χ0n) is 19.9. The molecule has 35 heavy (non-hydrogen) atoms. The van der Waals surface area contributed by atoms with Crippen LogP contribution in [0, 0.1) is 5.82 Å². The van der Waals surface area contributed by atoms with E-state index in [9.17, 15) is 14.0 Å².